The van der Waals surface area contributed by atoms with Crippen molar-refractivity contribution < 1.29 is 4.74 Å². The Hall–Kier alpha value is -1.96. The molecule has 0 aliphatic carbocycles. The van der Waals surface area contributed by atoms with Crippen molar-refractivity contribution in [2.24, 2.45) is 0 Å². The molecule has 0 bridgehead atoms. The fraction of sp³-hybridized carbons (Fsp3) is 0.250. The van der Waals surface area contributed by atoms with E-state index in [4.69, 9.17) is 4.74 Å². The standard InChI is InChI=1S/C16H17NO/c1-10-9-14-16(12(3)11(10)2)18-15-8-6-5-7-13(15)17(14)4/h5-9H,1-4H3. The monoisotopic (exact) mass is 239 g/mol. The number of aryl methyl sites for hydroxylation is 1. The van der Waals surface area contributed by atoms with Crippen LogP contribution in [0, 0.1) is 20.8 Å². The van der Waals surface area contributed by atoms with Crippen molar-refractivity contribution in [2.75, 3.05) is 11.9 Å². The van der Waals surface area contributed by atoms with Gasteiger partial charge < -0.3 is 9.64 Å². The van der Waals surface area contributed by atoms with Crippen LogP contribution in [0.1, 0.15) is 16.7 Å². The second kappa shape index (κ2) is 3.77. The summed E-state index contributed by atoms with van der Waals surface area (Å²) < 4.78 is 6.07. The van der Waals surface area contributed by atoms with Crippen LogP contribution in [0.4, 0.5) is 11.4 Å². The Bertz CT molecular complexity index is 631. The predicted molar refractivity (Wildman–Crippen MR) is 75.2 cm³/mol. The number of ether oxygens (including phenoxy) is 1. The summed E-state index contributed by atoms with van der Waals surface area (Å²) in [5.74, 6) is 1.91. The first-order valence-electron chi connectivity index (χ1n) is 6.21. The van der Waals surface area contributed by atoms with E-state index in [1.165, 1.54) is 16.7 Å². The molecule has 2 aromatic carbocycles. The number of anilines is 2. The Balaban J connectivity index is 2.25. The molecule has 0 unspecified atom stereocenters. The lowest BCUT2D eigenvalue weighted by Gasteiger charge is -2.31. The Morgan fingerprint density at radius 1 is 0.944 bits per heavy atom. The molecule has 92 valence electrons. The average Bonchev–Trinajstić information content (AvgIpc) is 2.38. The Labute approximate surface area is 108 Å². The minimum absolute atomic E-state index is 0.929. The van der Waals surface area contributed by atoms with Crippen LogP contribution in [0.15, 0.2) is 30.3 Å². The van der Waals surface area contributed by atoms with Gasteiger partial charge in [0.05, 0.1) is 11.4 Å². The maximum Gasteiger partial charge on any atom is 0.154 e. The normalized spacial score (nSPS) is 12.8. The molecule has 2 heteroatoms. The van der Waals surface area contributed by atoms with Crippen molar-refractivity contribution in [3.63, 3.8) is 0 Å². The molecular formula is C16H17NO. The molecule has 0 atom stereocenters. The lowest BCUT2D eigenvalue weighted by Crippen LogP contribution is -2.16. The van der Waals surface area contributed by atoms with Crippen LogP contribution in [-0.4, -0.2) is 7.05 Å². The van der Waals surface area contributed by atoms with Gasteiger partial charge in [-0.25, -0.2) is 0 Å². The van der Waals surface area contributed by atoms with E-state index in [2.05, 4.69) is 44.9 Å². The summed E-state index contributed by atoms with van der Waals surface area (Å²) in [6.45, 7) is 6.43. The molecule has 2 aromatic rings. The van der Waals surface area contributed by atoms with Crippen molar-refractivity contribution in [3.8, 4) is 11.5 Å². The van der Waals surface area contributed by atoms with Crippen LogP contribution in [0.2, 0.25) is 0 Å². The van der Waals surface area contributed by atoms with E-state index in [0.29, 0.717) is 0 Å². The maximum absolute atomic E-state index is 6.07. The van der Waals surface area contributed by atoms with Crippen molar-refractivity contribution >= 4 is 11.4 Å². The van der Waals surface area contributed by atoms with E-state index >= 15 is 0 Å². The molecule has 1 aliphatic heterocycles. The first-order chi connectivity index (χ1) is 8.59. The van der Waals surface area contributed by atoms with Crippen LogP contribution in [0.3, 0.4) is 0 Å². The lowest BCUT2D eigenvalue weighted by molar-refractivity contribution is 0.471. The van der Waals surface area contributed by atoms with Crippen molar-refractivity contribution in [1.82, 2.24) is 0 Å². The number of hydrogen-bond donors (Lipinski definition) is 0. The van der Waals surface area contributed by atoms with Crippen molar-refractivity contribution in [1.29, 1.82) is 0 Å². The molecule has 0 N–H and O–H groups in total. The molecule has 18 heavy (non-hydrogen) atoms. The summed E-state index contributed by atoms with van der Waals surface area (Å²) in [6.07, 6.45) is 0. The minimum atomic E-state index is 0.929. The Kier molecular flexibility index (Phi) is 2.34. The van der Waals surface area contributed by atoms with Crippen molar-refractivity contribution in [2.45, 2.75) is 20.8 Å². The van der Waals surface area contributed by atoms with Gasteiger partial charge >= 0.3 is 0 Å². The van der Waals surface area contributed by atoms with E-state index in [9.17, 15) is 0 Å². The molecule has 2 nitrogen and oxygen atoms in total. The topological polar surface area (TPSA) is 12.5 Å². The largest absolute Gasteiger partial charge is 0.453 e. The molecular weight excluding hydrogens is 222 g/mol. The number of hydrogen-bond acceptors (Lipinski definition) is 2. The number of fused-ring (bicyclic) bond motifs is 2. The van der Waals surface area contributed by atoms with Crippen molar-refractivity contribution in [3.05, 3.63) is 47.0 Å². The Morgan fingerprint density at radius 2 is 1.67 bits per heavy atom. The molecule has 0 radical (unpaired) electrons. The highest BCUT2D eigenvalue weighted by Crippen LogP contribution is 2.48. The number of para-hydroxylation sites is 2. The highest BCUT2D eigenvalue weighted by Gasteiger charge is 2.24. The van der Waals surface area contributed by atoms with Gasteiger partial charge in [-0.05, 0) is 55.7 Å². The number of nitrogens with zero attached hydrogens (tertiary/aromatic N) is 1. The SMILES string of the molecule is Cc1cc2c(c(C)c1C)Oc1ccccc1N2C. The summed E-state index contributed by atoms with van der Waals surface area (Å²) in [5, 5.41) is 0. The summed E-state index contributed by atoms with van der Waals surface area (Å²) in [4.78, 5) is 2.20. The summed E-state index contributed by atoms with van der Waals surface area (Å²) in [6, 6.07) is 10.4. The summed E-state index contributed by atoms with van der Waals surface area (Å²) in [7, 11) is 2.09. The summed E-state index contributed by atoms with van der Waals surface area (Å²) in [5.41, 5.74) is 6.11. The van der Waals surface area contributed by atoms with Gasteiger partial charge in [-0.15, -0.1) is 0 Å². The third kappa shape index (κ3) is 1.42. The average molecular weight is 239 g/mol. The van der Waals surface area contributed by atoms with Gasteiger partial charge in [-0.2, -0.15) is 0 Å². The molecule has 0 amide bonds. The first kappa shape index (κ1) is 11.1. The van der Waals surface area contributed by atoms with Gasteiger partial charge in [0.1, 0.15) is 0 Å². The minimum Gasteiger partial charge on any atom is -0.453 e. The molecule has 1 aliphatic rings. The molecule has 1 heterocycles. The molecule has 0 fully saturated rings. The zero-order valence-electron chi connectivity index (χ0n) is 11.2. The van der Waals surface area contributed by atoms with Gasteiger partial charge in [0, 0.05) is 7.05 Å². The van der Waals surface area contributed by atoms with Gasteiger partial charge in [0.2, 0.25) is 0 Å². The predicted octanol–water partition coefficient (Wildman–Crippen LogP) is 4.49. The van der Waals surface area contributed by atoms with Gasteiger partial charge in [0.25, 0.3) is 0 Å². The molecule has 3 rings (SSSR count). The molecule has 0 spiro atoms. The number of benzene rings is 2. The lowest BCUT2D eigenvalue weighted by atomic mass is 10.00. The molecule has 0 saturated heterocycles. The summed E-state index contributed by atoms with van der Waals surface area (Å²) >= 11 is 0. The van der Waals surface area contributed by atoms with E-state index in [1.807, 2.05) is 18.2 Å². The van der Waals surface area contributed by atoms with Crippen LogP contribution in [0.25, 0.3) is 0 Å². The second-order valence-corrected chi connectivity index (χ2v) is 4.92. The zero-order valence-corrected chi connectivity index (χ0v) is 11.2. The molecule has 0 saturated carbocycles. The van der Waals surface area contributed by atoms with E-state index in [0.717, 1.165) is 22.9 Å². The van der Waals surface area contributed by atoms with Gasteiger partial charge in [-0.1, -0.05) is 12.1 Å². The molecule has 0 aromatic heterocycles. The maximum atomic E-state index is 6.07. The third-order valence-electron chi connectivity index (χ3n) is 3.88. The van der Waals surface area contributed by atoms with Crippen LogP contribution < -0.4 is 9.64 Å². The zero-order chi connectivity index (χ0) is 12.9. The van der Waals surface area contributed by atoms with Gasteiger partial charge in [-0.3, -0.25) is 0 Å². The smallest absolute Gasteiger partial charge is 0.154 e. The second-order valence-electron chi connectivity index (χ2n) is 4.92. The third-order valence-corrected chi connectivity index (χ3v) is 3.88. The van der Waals surface area contributed by atoms with Crippen LogP contribution in [0.5, 0.6) is 11.5 Å². The fourth-order valence-electron chi connectivity index (χ4n) is 2.48. The van der Waals surface area contributed by atoms with E-state index in [1.54, 1.807) is 0 Å². The Morgan fingerprint density at radius 3 is 2.44 bits per heavy atom. The highest BCUT2D eigenvalue weighted by atomic mass is 16.5. The first-order valence-corrected chi connectivity index (χ1v) is 6.21. The van der Waals surface area contributed by atoms with E-state index < -0.39 is 0 Å². The van der Waals surface area contributed by atoms with Crippen LogP contribution in [-0.2, 0) is 0 Å². The van der Waals surface area contributed by atoms with E-state index in [-0.39, 0.29) is 0 Å². The highest BCUT2D eigenvalue weighted by molar-refractivity contribution is 5.79. The quantitative estimate of drug-likeness (QED) is 0.671. The van der Waals surface area contributed by atoms with Gasteiger partial charge in [0.15, 0.2) is 11.5 Å². The number of rotatable bonds is 0. The van der Waals surface area contributed by atoms with Crippen LogP contribution >= 0.6 is 0 Å². The fourth-order valence-corrected chi connectivity index (χ4v) is 2.48.